The minimum Gasteiger partial charge on any atom is -0.459 e. The van der Waals surface area contributed by atoms with E-state index in [-0.39, 0.29) is 17.6 Å². The first-order chi connectivity index (χ1) is 11.2. The predicted octanol–water partition coefficient (Wildman–Crippen LogP) is 2.39. The van der Waals surface area contributed by atoms with Crippen LogP contribution in [-0.2, 0) is 4.79 Å². The molecule has 1 atom stereocenters. The lowest BCUT2D eigenvalue weighted by Gasteiger charge is -2.23. The van der Waals surface area contributed by atoms with E-state index >= 15 is 0 Å². The maximum absolute atomic E-state index is 12.5. The summed E-state index contributed by atoms with van der Waals surface area (Å²) in [6.45, 7) is 0.524. The van der Waals surface area contributed by atoms with Crippen LogP contribution in [0.1, 0.15) is 29.0 Å². The van der Waals surface area contributed by atoms with Gasteiger partial charge in [-0.05, 0) is 43.2 Å². The van der Waals surface area contributed by atoms with Crippen molar-refractivity contribution in [3.63, 3.8) is 0 Å². The van der Waals surface area contributed by atoms with Crippen LogP contribution in [0.25, 0.3) is 0 Å². The number of nitriles is 1. The number of hydrogen-bond donors (Lipinski definition) is 1. The van der Waals surface area contributed by atoms with Gasteiger partial charge in [-0.1, -0.05) is 6.07 Å². The average molecular weight is 309 g/mol. The number of benzene rings is 1. The largest absolute Gasteiger partial charge is 0.459 e. The van der Waals surface area contributed by atoms with Crippen LogP contribution in [0.15, 0.2) is 47.1 Å². The molecule has 116 valence electrons. The summed E-state index contributed by atoms with van der Waals surface area (Å²) in [7, 11) is 0. The summed E-state index contributed by atoms with van der Waals surface area (Å²) in [5.74, 6) is -0.299. The van der Waals surface area contributed by atoms with E-state index in [1.165, 1.54) is 11.2 Å². The van der Waals surface area contributed by atoms with Crippen molar-refractivity contribution in [1.82, 2.24) is 4.90 Å². The maximum Gasteiger partial charge on any atom is 0.290 e. The van der Waals surface area contributed by atoms with Crippen LogP contribution in [0.4, 0.5) is 5.69 Å². The Balaban J connectivity index is 1.73. The first-order valence-corrected chi connectivity index (χ1v) is 7.34. The van der Waals surface area contributed by atoms with E-state index < -0.39 is 6.04 Å². The number of rotatable bonds is 3. The number of nitrogens with one attached hydrogen (secondary N) is 1. The van der Waals surface area contributed by atoms with E-state index in [0.29, 0.717) is 24.2 Å². The van der Waals surface area contributed by atoms with Gasteiger partial charge in [-0.3, -0.25) is 9.59 Å². The average Bonchev–Trinajstić information content (AvgIpc) is 3.25. The van der Waals surface area contributed by atoms with Crippen molar-refractivity contribution < 1.29 is 14.0 Å². The Labute approximate surface area is 133 Å². The predicted molar refractivity (Wildman–Crippen MR) is 82.6 cm³/mol. The Morgan fingerprint density at radius 3 is 2.91 bits per heavy atom. The van der Waals surface area contributed by atoms with Gasteiger partial charge in [-0.25, -0.2) is 0 Å². The number of carbonyl (C=O) groups is 2. The van der Waals surface area contributed by atoms with Crippen LogP contribution >= 0.6 is 0 Å². The van der Waals surface area contributed by atoms with E-state index in [9.17, 15) is 9.59 Å². The molecule has 6 nitrogen and oxygen atoms in total. The fraction of sp³-hybridized carbons (Fsp3) is 0.235. The van der Waals surface area contributed by atoms with Gasteiger partial charge in [0.15, 0.2) is 5.76 Å². The molecular formula is C17H15N3O3. The van der Waals surface area contributed by atoms with Crippen LogP contribution in [0.5, 0.6) is 0 Å². The van der Waals surface area contributed by atoms with Crippen molar-refractivity contribution in [2.75, 3.05) is 11.9 Å². The van der Waals surface area contributed by atoms with E-state index in [2.05, 4.69) is 5.32 Å². The standard InChI is InChI=1S/C17H15N3O3/c18-11-12-4-1-5-13(10-12)19-16(21)14-6-2-8-20(14)17(22)15-7-3-9-23-15/h1,3-5,7,9-10,14H,2,6,8H2,(H,19,21). The molecule has 1 unspecified atom stereocenters. The molecule has 1 aliphatic heterocycles. The number of carbonyl (C=O) groups excluding carboxylic acids is 2. The summed E-state index contributed by atoms with van der Waals surface area (Å²) in [5, 5.41) is 11.7. The molecule has 2 amide bonds. The third-order valence-corrected chi connectivity index (χ3v) is 3.81. The van der Waals surface area contributed by atoms with Gasteiger partial charge in [0.25, 0.3) is 5.91 Å². The lowest BCUT2D eigenvalue weighted by atomic mass is 10.1. The molecule has 0 aliphatic carbocycles. The monoisotopic (exact) mass is 309 g/mol. The van der Waals surface area contributed by atoms with Crippen molar-refractivity contribution >= 4 is 17.5 Å². The summed E-state index contributed by atoms with van der Waals surface area (Å²) in [4.78, 5) is 26.4. The minimum atomic E-state index is -0.529. The summed E-state index contributed by atoms with van der Waals surface area (Å²) in [6.07, 6.45) is 2.81. The van der Waals surface area contributed by atoms with Gasteiger partial charge in [0.2, 0.25) is 5.91 Å². The molecule has 1 aliphatic rings. The molecular weight excluding hydrogens is 294 g/mol. The molecule has 1 N–H and O–H groups in total. The molecule has 1 saturated heterocycles. The minimum absolute atomic E-state index is 0.233. The zero-order valence-electron chi connectivity index (χ0n) is 12.4. The molecule has 0 spiro atoms. The molecule has 1 aromatic heterocycles. The zero-order valence-corrected chi connectivity index (χ0v) is 12.4. The molecule has 1 fully saturated rings. The Bertz CT molecular complexity index is 762. The quantitative estimate of drug-likeness (QED) is 0.943. The van der Waals surface area contributed by atoms with Crippen LogP contribution < -0.4 is 5.32 Å². The molecule has 1 aromatic carbocycles. The number of anilines is 1. The van der Waals surface area contributed by atoms with Crippen molar-refractivity contribution in [1.29, 1.82) is 5.26 Å². The number of furan rings is 1. The van der Waals surface area contributed by atoms with Gasteiger partial charge in [0.1, 0.15) is 6.04 Å². The van der Waals surface area contributed by atoms with Gasteiger partial charge < -0.3 is 14.6 Å². The Kier molecular flexibility index (Phi) is 4.11. The lowest BCUT2D eigenvalue weighted by molar-refractivity contribution is -0.119. The van der Waals surface area contributed by atoms with Gasteiger partial charge in [0, 0.05) is 12.2 Å². The van der Waals surface area contributed by atoms with Crippen LogP contribution in [0, 0.1) is 11.3 Å². The fourth-order valence-corrected chi connectivity index (χ4v) is 2.72. The van der Waals surface area contributed by atoms with Crippen molar-refractivity contribution in [2.24, 2.45) is 0 Å². The highest BCUT2D eigenvalue weighted by molar-refractivity contribution is 6.00. The Morgan fingerprint density at radius 1 is 1.30 bits per heavy atom. The van der Waals surface area contributed by atoms with E-state index in [4.69, 9.17) is 9.68 Å². The first kappa shape index (κ1) is 14.9. The van der Waals surface area contributed by atoms with Crippen LogP contribution in [0.2, 0.25) is 0 Å². The normalized spacial score (nSPS) is 16.8. The molecule has 23 heavy (non-hydrogen) atoms. The number of hydrogen-bond acceptors (Lipinski definition) is 4. The van der Waals surface area contributed by atoms with Crippen molar-refractivity contribution in [2.45, 2.75) is 18.9 Å². The third kappa shape index (κ3) is 3.09. The van der Waals surface area contributed by atoms with E-state index in [1.807, 2.05) is 6.07 Å². The fourth-order valence-electron chi connectivity index (χ4n) is 2.72. The van der Waals surface area contributed by atoms with Crippen LogP contribution in [0.3, 0.4) is 0 Å². The third-order valence-electron chi connectivity index (χ3n) is 3.81. The second kappa shape index (κ2) is 6.36. The highest BCUT2D eigenvalue weighted by Crippen LogP contribution is 2.22. The molecule has 2 aromatic rings. The molecule has 0 bridgehead atoms. The van der Waals surface area contributed by atoms with E-state index in [0.717, 1.165) is 6.42 Å². The molecule has 0 radical (unpaired) electrons. The second-order valence-corrected chi connectivity index (χ2v) is 5.32. The summed E-state index contributed by atoms with van der Waals surface area (Å²) < 4.78 is 5.13. The molecule has 3 rings (SSSR count). The summed E-state index contributed by atoms with van der Waals surface area (Å²) in [6, 6.07) is 11.4. The Morgan fingerprint density at radius 2 is 2.17 bits per heavy atom. The summed E-state index contributed by atoms with van der Waals surface area (Å²) >= 11 is 0. The topological polar surface area (TPSA) is 86.3 Å². The zero-order chi connectivity index (χ0) is 16.2. The molecule has 0 saturated carbocycles. The number of likely N-dealkylation sites (tertiary alicyclic amines) is 1. The molecule has 6 heteroatoms. The van der Waals surface area contributed by atoms with E-state index in [1.54, 1.807) is 36.4 Å². The van der Waals surface area contributed by atoms with Gasteiger partial charge in [0.05, 0.1) is 17.9 Å². The number of amides is 2. The first-order valence-electron chi connectivity index (χ1n) is 7.34. The SMILES string of the molecule is N#Cc1cccc(NC(=O)C2CCCN2C(=O)c2ccco2)c1. The molecule has 2 heterocycles. The maximum atomic E-state index is 12.5. The summed E-state index contributed by atoms with van der Waals surface area (Å²) in [5.41, 5.74) is 1.02. The Hall–Kier alpha value is -3.07. The van der Waals surface area contributed by atoms with Gasteiger partial charge in [-0.15, -0.1) is 0 Å². The smallest absolute Gasteiger partial charge is 0.290 e. The van der Waals surface area contributed by atoms with Crippen molar-refractivity contribution in [3.8, 4) is 6.07 Å². The number of nitrogens with zero attached hydrogens (tertiary/aromatic N) is 2. The highest BCUT2D eigenvalue weighted by Gasteiger charge is 2.35. The lowest BCUT2D eigenvalue weighted by Crippen LogP contribution is -2.43. The highest BCUT2D eigenvalue weighted by atomic mass is 16.3. The van der Waals surface area contributed by atoms with Gasteiger partial charge in [-0.2, -0.15) is 5.26 Å². The van der Waals surface area contributed by atoms with Gasteiger partial charge >= 0.3 is 0 Å². The second-order valence-electron chi connectivity index (χ2n) is 5.32. The van der Waals surface area contributed by atoms with Crippen molar-refractivity contribution in [3.05, 3.63) is 54.0 Å². The van der Waals surface area contributed by atoms with Crippen LogP contribution in [-0.4, -0.2) is 29.3 Å².